The third-order valence-corrected chi connectivity index (χ3v) is 5.09. The fraction of sp³-hybridized carbons (Fsp3) is 0.0500. The lowest BCUT2D eigenvalue weighted by atomic mass is 10.2. The van der Waals surface area contributed by atoms with Crippen molar-refractivity contribution in [3.05, 3.63) is 77.5 Å². The quantitative estimate of drug-likeness (QED) is 0.209. The van der Waals surface area contributed by atoms with Gasteiger partial charge in [-0.1, -0.05) is 12.1 Å². The molecule has 0 aliphatic rings. The van der Waals surface area contributed by atoms with E-state index in [0.717, 1.165) is 21.3 Å². The molecule has 3 heterocycles. The molecule has 0 fully saturated rings. The standard InChI is InChI=1S/C20H16FN5O2S.2ClH/c21-15-9-13(5-6-18(27)25-28)10-22-20(15)23-14-7-8-26(11-14)12-19-24-16-3-1-2-4-17(16)29-19;;/h1-11,28H,12H2,(H,22,23)(H,25,27);2*1H. The van der Waals surface area contributed by atoms with Crippen LogP contribution in [-0.2, 0) is 11.3 Å². The highest BCUT2D eigenvalue weighted by Crippen LogP contribution is 2.24. The number of rotatable bonds is 6. The van der Waals surface area contributed by atoms with Crippen LogP contribution in [0, 0.1) is 5.82 Å². The second kappa shape index (κ2) is 10.9. The molecular weight excluding hydrogens is 464 g/mol. The van der Waals surface area contributed by atoms with Gasteiger partial charge in [0.25, 0.3) is 5.91 Å². The highest BCUT2D eigenvalue weighted by atomic mass is 35.5. The molecule has 11 heteroatoms. The van der Waals surface area contributed by atoms with E-state index in [-0.39, 0.29) is 30.6 Å². The number of nitrogens with zero attached hydrogens (tertiary/aromatic N) is 3. The Hall–Kier alpha value is -2.98. The van der Waals surface area contributed by atoms with Crippen LogP contribution < -0.4 is 10.8 Å². The molecule has 4 rings (SSSR count). The van der Waals surface area contributed by atoms with Gasteiger partial charge < -0.3 is 9.88 Å². The molecule has 0 aliphatic heterocycles. The summed E-state index contributed by atoms with van der Waals surface area (Å²) in [6, 6.07) is 11.1. The smallest absolute Gasteiger partial charge is 0.267 e. The van der Waals surface area contributed by atoms with E-state index < -0.39 is 11.7 Å². The van der Waals surface area contributed by atoms with Gasteiger partial charge in [-0.15, -0.1) is 36.2 Å². The first kappa shape index (κ1) is 24.3. The zero-order valence-electron chi connectivity index (χ0n) is 15.9. The minimum absolute atomic E-state index is 0. The first-order valence-corrected chi connectivity index (χ1v) is 9.47. The summed E-state index contributed by atoms with van der Waals surface area (Å²) in [6.07, 6.45) is 7.58. The SMILES string of the molecule is Cl.Cl.O=C(C=Cc1cnc(Nc2ccn(Cc3nc4ccccc4s3)c2)c(F)c1)NO. The number of hydroxylamine groups is 1. The molecule has 31 heavy (non-hydrogen) atoms. The second-order valence-electron chi connectivity index (χ2n) is 6.18. The van der Waals surface area contributed by atoms with Gasteiger partial charge in [0.2, 0.25) is 0 Å². The minimum atomic E-state index is -0.706. The predicted molar refractivity (Wildman–Crippen MR) is 124 cm³/mol. The van der Waals surface area contributed by atoms with Gasteiger partial charge in [-0.2, -0.15) is 0 Å². The molecule has 3 aromatic heterocycles. The van der Waals surface area contributed by atoms with E-state index >= 15 is 0 Å². The second-order valence-corrected chi connectivity index (χ2v) is 7.30. The molecule has 0 radical (unpaired) electrons. The van der Waals surface area contributed by atoms with Crippen molar-refractivity contribution in [2.24, 2.45) is 0 Å². The molecule has 4 aromatic rings. The van der Waals surface area contributed by atoms with Crippen molar-refractivity contribution in [3.8, 4) is 0 Å². The minimum Gasteiger partial charge on any atom is -0.345 e. The summed E-state index contributed by atoms with van der Waals surface area (Å²) in [5.41, 5.74) is 3.53. The van der Waals surface area contributed by atoms with E-state index in [1.807, 2.05) is 47.3 Å². The number of hydrogen-bond donors (Lipinski definition) is 3. The first-order valence-electron chi connectivity index (χ1n) is 8.65. The number of pyridine rings is 1. The van der Waals surface area contributed by atoms with E-state index in [9.17, 15) is 9.18 Å². The van der Waals surface area contributed by atoms with Gasteiger partial charge in [0.05, 0.1) is 22.4 Å². The Kier molecular flexibility index (Phi) is 8.52. The number of carbonyl (C=O) groups excluding carboxylic acids is 1. The van der Waals surface area contributed by atoms with Gasteiger partial charge in [0.1, 0.15) is 5.01 Å². The summed E-state index contributed by atoms with van der Waals surface area (Å²) in [6.45, 7) is 0.619. The monoisotopic (exact) mass is 481 g/mol. The number of fused-ring (bicyclic) bond motifs is 1. The third-order valence-electron chi connectivity index (χ3n) is 4.07. The summed E-state index contributed by atoms with van der Waals surface area (Å²) in [5, 5.41) is 12.4. The predicted octanol–water partition coefficient (Wildman–Crippen LogP) is 4.79. The third kappa shape index (κ3) is 6.02. The summed E-state index contributed by atoms with van der Waals surface area (Å²) >= 11 is 1.64. The lowest BCUT2D eigenvalue weighted by molar-refractivity contribution is -0.124. The molecule has 0 atom stereocenters. The van der Waals surface area contributed by atoms with Gasteiger partial charge in [0.15, 0.2) is 11.6 Å². The number of halogens is 3. The van der Waals surface area contributed by atoms with Crippen molar-refractivity contribution in [1.82, 2.24) is 20.0 Å². The number of carbonyl (C=O) groups is 1. The Morgan fingerprint density at radius 1 is 1.26 bits per heavy atom. The molecule has 162 valence electrons. The molecule has 0 unspecified atom stereocenters. The fourth-order valence-corrected chi connectivity index (χ4v) is 3.71. The van der Waals surface area contributed by atoms with Crippen LogP contribution in [0.1, 0.15) is 10.6 Å². The molecule has 1 aromatic carbocycles. The molecule has 0 saturated carbocycles. The van der Waals surface area contributed by atoms with E-state index in [4.69, 9.17) is 5.21 Å². The highest BCUT2D eigenvalue weighted by Gasteiger charge is 2.08. The van der Waals surface area contributed by atoms with Gasteiger partial charge in [-0.3, -0.25) is 10.0 Å². The van der Waals surface area contributed by atoms with Crippen LogP contribution in [0.15, 0.2) is 61.1 Å². The number of anilines is 2. The summed E-state index contributed by atoms with van der Waals surface area (Å²) in [5.74, 6) is -1.19. The lowest BCUT2D eigenvalue weighted by Gasteiger charge is -2.05. The van der Waals surface area contributed by atoms with E-state index in [2.05, 4.69) is 15.3 Å². The molecule has 0 aliphatic carbocycles. The van der Waals surface area contributed by atoms with Crippen LogP contribution in [0.3, 0.4) is 0 Å². The molecule has 3 N–H and O–H groups in total. The van der Waals surface area contributed by atoms with Gasteiger partial charge in [0, 0.05) is 24.7 Å². The topological polar surface area (TPSA) is 92.1 Å². The molecule has 0 spiro atoms. The largest absolute Gasteiger partial charge is 0.345 e. The van der Waals surface area contributed by atoms with Crippen molar-refractivity contribution in [2.75, 3.05) is 5.32 Å². The molecule has 1 amide bonds. The van der Waals surface area contributed by atoms with Crippen molar-refractivity contribution >= 4 is 69.9 Å². The van der Waals surface area contributed by atoms with Crippen molar-refractivity contribution < 1.29 is 14.4 Å². The Morgan fingerprint density at radius 3 is 2.81 bits per heavy atom. The highest BCUT2D eigenvalue weighted by molar-refractivity contribution is 7.18. The fourth-order valence-electron chi connectivity index (χ4n) is 2.74. The van der Waals surface area contributed by atoms with Crippen molar-refractivity contribution in [3.63, 3.8) is 0 Å². The zero-order chi connectivity index (χ0) is 20.2. The summed E-state index contributed by atoms with van der Waals surface area (Å²) in [4.78, 5) is 19.6. The number of aromatic nitrogens is 3. The number of para-hydroxylation sites is 1. The van der Waals surface area contributed by atoms with Gasteiger partial charge in [-0.25, -0.2) is 19.8 Å². The van der Waals surface area contributed by atoms with E-state index in [0.29, 0.717) is 17.8 Å². The van der Waals surface area contributed by atoms with Gasteiger partial charge >= 0.3 is 0 Å². The number of nitrogens with one attached hydrogen (secondary N) is 2. The lowest BCUT2D eigenvalue weighted by Crippen LogP contribution is -2.14. The van der Waals surface area contributed by atoms with Crippen LogP contribution in [0.2, 0.25) is 0 Å². The average Bonchev–Trinajstić information content (AvgIpc) is 3.34. The van der Waals surface area contributed by atoms with Crippen molar-refractivity contribution in [2.45, 2.75) is 6.54 Å². The van der Waals surface area contributed by atoms with E-state index in [1.165, 1.54) is 23.8 Å². The molecule has 0 saturated heterocycles. The maximum Gasteiger partial charge on any atom is 0.267 e. The number of benzene rings is 1. The summed E-state index contributed by atoms with van der Waals surface area (Å²) in [7, 11) is 0. The molecular formula is C20H18Cl2FN5O2S. The average molecular weight is 482 g/mol. The zero-order valence-corrected chi connectivity index (χ0v) is 18.3. The van der Waals surface area contributed by atoms with E-state index in [1.54, 1.807) is 11.3 Å². The maximum atomic E-state index is 14.3. The number of amides is 1. The summed E-state index contributed by atoms with van der Waals surface area (Å²) < 4.78 is 17.4. The molecule has 7 nitrogen and oxygen atoms in total. The first-order chi connectivity index (χ1) is 14.1. The van der Waals surface area contributed by atoms with Crippen molar-refractivity contribution in [1.29, 1.82) is 0 Å². The Morgan fingerprint density at radius 2 is 2.06 bits per heavy atom. The van der Waals surface area contributed by atoms with Gasteiger partial charge in [-0.05, 0) is 35.9 Å². The number of thiazole rings is 1. The Balaban J connectivity index is 0.00000171. The van der Waals surface area contributed by atoms with Crippen LogP contribution in [-0.4, -0.2) is 25.6 Å². The maximum absolute atomic E-state index is 14.3. The Bertz CT molecular complexity index is 1180. The van der Waals surface area contributed by atoms with Crippen LogP contribution in [0.4, 0.5) is 15.9 Å². The van der Waals surface area contributed by atoms with Crippen LogP contribution >= 0.6 is 36.2 Å². The Labute approximate surface area is 193 Å². The van der Waals surface area contributed by atoms with Crippen LogP contribution in [0.5, 0.6) is 0 Å². The normalized spacial score (nSPS) is 10.5. The van der Waals surface area contributed by atoms with Crippen LogP contribution in [0.25, 0.3) is 16.3 Å². The molecule has 0 bridgehead atoms. The number of hydrogen-bond acceptors (Lipinski definition) is 6.